The van der Waals surface area contributed by atoms with Crippen LogP contribution in [-0.2, 0) is 7.05 Å². The highest BCUT2D eigenvalue weighted by Crippen LogP contribution is 2.37. The van der Waals surface area contributed by atoms with Gasteiger partial charge in [0.25, 0.3) is 0 Å². The Balaban J connectivity index is 1.73. The summed E-state index contributed by atoms with van der Waals surface area (Å²) in [5.74, 6) is 1.65. The molecule has 0 aliphatic carbocycles. The van der Waals surface area contributed by atoms with Gasteiger partial charge in [-0.1, -0.05) is 11.6 Å². The van der Waals surface area contributed by atoms with Gasteiger partial charge >= 0.3 is 6.03 Å². The molecule has 7 heteroatoms. The second-order valence-electron chi connectivity index (χ2n) is 5.26. The SMILES string of the molecule is Cc1cc(NC(=O)N[C@H]2CCSc3ccc(Cl)cc32)n(C)n1. The molecule has 0 radical (unpaired) electrons. The Morgan fingerprint density at radius 3 is 3.00 bits per heavy atom. The van der Waals surface area contributed by atoms with Crippen molar-refractivity contribution in [2.24, 2.45) is 7.05 Å². The summed E-state index contributed by atoms with van der Waals surface area (Å²) in [6.07, 6.45) is 0.885. The van der Waals surface area contributed by atoms with Crippen LogP contribution in [0.4, 0.5) is 10.6 Å². The summed E-state index contributed by atoms with van der Waals surface area (Å²) in [7, 11) is 1.80. The van der Waals surface area contributed by atoms with E-state index in [0.29, 0.717) is 10.8 Å². The summed E-state index contributed by atoms with van der Waals surface area (Å²) < 4.78 is 1.65. The Kier molecular flexibility index (Phi) is 4.31. The molecule has 22 heavy (non-hydrogen) atoms. The molecule has 1 aromatic heterocycles. The molecule has 2 amide bonds. The Morgan fingerprint density at radius 2 is 2.27 bits per heavy atom. The third-order valence-corrected chi connectivity index (χ3v) is 4.92. The van der Waals surface area contributed by atoms with Gasteiger partial charge in [-0.05, 0) is 37.1 Å². The number of amides is 2. The van der Waals surface area contributed by atoms with Crippen molar-refractivity contribution in [2.45, 2.75) is 24.3 Å². The summed E-state index contributed by atoms with van der Waals surface area (Å²) in [6.45, 7) is 1.89. The molecule has 0 bridgehead atoms. The van der Waals surface area contributed by atoms with E-state index >= 15 is 0 Å². The molecule has 0 saturated carbocycles. The average molecular weight is 337 g/mol. The van der Waals surface area contributed by atoms with Crippen LogP contribution in [0.3, 0.4) is 0 Å². The lowest BCUT2D eigenvalue weighted by Gasteiger charge is -2.26. The third-order valence-electron chi connectivity index (χ3n) is 3.56. The molecule has 0 fully saturated rings. The fraction of sp³-hybridized carbons (Fsp3) is 0.333. The molecule has 1 aliphatic heterocycles. The molecule has 1 aliphatic rings. The molecule has 0 unspecified atom stereocenters. The Morgan fingerprint density at radius 1 is 1.45 bits per heavy atom. The molecular formula is C15H17ClN4OS. The van der Waals surface area contributed by atoms with E-state index in [1.807, 2.05) is 31.2 Å². The quantitative estimate of drug-likeness (QED) is 0.878. The number of hydrogen-bond acceptors (Lipinski definition) is 3. The number of fused-ring (bicyclic) bond motifs is 1. The number of aryl methyl sites for hydroxylation is 2. The molecule has 1 aromatic carbocycles. The summed E-state index contributed by atoms with van der Waals surface area (Å²) >= 11 is 7.88. The van der Waals surface area contributed by atoms with Crippen molar-refractivity contribution in [2.75, 3.05) is 11.1 Å². The lowest BCUT2D eigenvalue weighted by molar-refractivity contribution is 0.248. The van der Waals surface area contributed by atoms with Crippen LogP contribution in [0.1, 0.15) is 23.7 Å². The molecular weight excluding hydrogens is 320 g/mol. The van der Waals surface area contributed by atoms with Gasteiger partial charge in [0, 0.05) is 28.8 Å². The zero-order valence-electron chi connectivity index (χ0n) is 12.4. The summed E-state index contributed by atoms with van der Waals surface area (Å²) in [4.78, 5) is 13.4. The highest BCUT2D eigenvalue weighted by molar-refractivity contribution is 7.99. The largest absolute Gasteiger partial charge is 0.331 e. The second-order valence-corrected chi connectivity index (χ2v) is 6.84. The normalized spacial score (nSPS) is 17.0. The fourth-order valence-electron chi connectivity index (χ4n) is 2.55. The molecule has 1 atom stereocenters. The number of benzene rings is 1. The van der Waals surface area contributed by atoms with Crippen LogP contribution >= 0.6 is 23.4 Å². The molecule has 5 nitrogen and oxygen atoms in total. The van der Waals surface area contributed by atoms with Crippen LogP contribution in [-0.4, -0.2) is 21.6 Å². The van der Waals surface area contributed by atoms with Gasteiger partial charge in [0.1, 0.15) is 5.82 Å². The van der Waals surface area contributed by atoms with E-state index in [1.54, 1.807) is 23.5 Å². The zero-order chi connectivity index (χ0) is 15.7. The second kappa shape index (κ2) is 6.22. The highest BCUT2D eigenvalue weighted by Gasteiger charge is 2.23. The van der Waals surface area contributed by atoms with Crippen LogP contribution in [0.2, 0.25) is 5.02 Å². The standard InChI is InChI=1S/C15H17ClN4OS/c1-9-7-14(20(2)19-9)18-15(21)17-12-5-6-22-13-4-3-10(16)8-11(12)13/h3-4,7-8,12H,5-6H2,1-2H3,(H2,17,18,21)/t12-/m0/s1. The van der Waals surface area contributed by atoms with Crippen molar-refractivity contribution in [1.29, 1.82) is 0 Å². The van der Waals surface area contributed by atoms with Crippen LogP contribution in [0.5, 0.6) is 0 Å². The predicted molar refractivity (Wildman–Crippen MR) is 89.6 cm³/mol. The number of carbonyl (C=O) groups excluding carboxylic acids is 1. The van der Waals surface area contributed by atoms with Crippen LogP contribution in [0, 0.1) is 6.92 Å². The number of nitrogens with one attached hydrogen (secondary N) is 2. The van der Waals surface area contributed by atoms with E-state index in [9.17, 15) is 4.79 Å². The maximum absolute atomic E-state index is 12.2. The van der Waals surface area contributed by atoms with Crippen molar-refractivity contribution < 1.29 is 4.79 Å². The molecule has 0 spiro atoms. The smallest absolute Gasteiger partial charge is 0.320 e. The molecule has 0 saturated heterocycles. The van der Waals surface area contributed by atoms with E-state index in [-0.39, 0.29) is 12.1 Å². The lowest BCUT2D eigenvalue weighted by Crippen LogP contribution is -2.34. The van der Waals surface area contributed by atoms with Gasteiger partial charge < -0.3 is 5.32 Å². The number of nitrogens with zero attached hydrogens (tertiary/aromatic N) is 2. The van der Waals surface area contributed by atoms with Gasteiger partial charge in [-0.3, -0.25) is 10.00 Å². The van der Waals surface area contributed by atoms with Crippen LogP contribution < -0.4 is 10.6 Å². The first-order chi connectivity index (χ1) is 10.5. The predicted octanol–water partition coefficient (Wildman–Crippen LogP) is 3.74. The monoisotopic (exact) mass is 336 g/mol. The van der Waals surface area contributed by atoms with Crippen molar-refractivity contribution in [3.05, 3.63) is 40.5 Å². The number of rotatable bonds is 2. The van der Waals surface area contributed by atoms with Crippen molar-refractivity contribution in [3.63, 3.8) is 0 Å². The van der Waals surface area contributed by atoms with E-state index in [1.165, 1.54) is 4.90 Å². The number of anilines is 1. The average Bonchev–Trinajstić information content (AvgIpc) is 2.77. The van der Waals surface area contributed by atoms with Crippen molar-refractivity contribution >= 4 is 35.2 Å². The maximum atomic E-state index is 12.2. The Labute approximate surface area is 138 Å². The first-order valence-corrected chi connectivity index (χ1v) is 8.39. The summed E-state index contributed by atoms with van der Waals surface area (Å²) in [5.41, 5.74) is 1.95. The summed E-state index contributed by atoms with van der Waals surface area (Å²) in [6, 6.07) is 7.41. The van der Waals surface area contributed by atoms with Gasteiger partial charge in [0.05, 0.1) is 11.7 Å². The topological polar surface area (TPSA) is 59.0 Å². The van der Waals surface area contributed by atoms with Crippen LogP contribution in [0.15, 0.2) is 29.2 Å². The minimum absolute atomic E-state index is 0.0238. The molecule has 3 rings (SSSR count). The van der Waals surface area contributed by atoms with Gasteiger partial charge in [-0.25, -0.2) is 4.79 Å². The number of urea groups is 1. The van der Waals surface area contributed by atoms with Gasteiger partial charge in [0.2, 0.25) is 0 Å². The Bertz CT molecular complexity index is 716. The first kappa shape index (κ1) is 15.2. The number of carbonyl (C=O) groups is 1. The van der Waals surface area contributed by atoms with E-state index in [4.69, 9.17) is 11.6 Å². The van der Waals surface area contributed by atoms with E-state index in [2.05, 4.69) is 15.7 Å². The number of hydrogen-bond donors (Lipinski definition) is 2. The molecule has 2 aromatic rings. The highest BCUT2D eigenvalue weighted by atomic mass is 35.5. The first-order valence-electron chi connectivity index (χ1n) is 7.03. The van der Waals surface area contributed by atoms with Gasteiger partial charge in [0.15, 0.2) is 0 Å². The van der Waals surface area contributed by atoms with Crippen molar-refractivity contribution in [3.8, 4) is 0 Å². The number of thioether (sulfide) groups is 1. The van der Waals surface area contributed by atoms with E-state index < -0.39 is 0 Å². The van der Waals surface area contributed by atoms with Crippen molar-refractivity contribution in [1.82, 2.24) is 15.1 Å². The third kappa shape index (κ3) is 3.23. The zero-order valence-corrected chi connectivity index (χ0v) is 14.0. The lowest BCUT2D eigenvalue weighted by atomic mass is 10.0. The minimum Gasteiger partial charge on any atom is -0.331 e. The maximum Gasteiger partial charge on any atom is 0.320 e. The van der Waals surface area contributed by atoms with Gasteiger partial charge in [-0.15, -0.1) is 11.8 Å². The molecule has 2 N–H and O–H groups in total. The van der Waals surface area contributed by atoms with Crippen LogP contribution in [0.25, 0.3) is 0 Å². The fourth-order valence-corrected chi connectivity index (χ4v) is 3.84. The minimum atomic E-state index is -0.231. The molecule has 2 heterocycles. The summed E-state index contributed by atoms with van der Waals surface area (Å²) in [5, 5.41) is 10.8. The van der Waals surface area contributed by atoms with Gasteiger partial charge in [-0.2, -0.15) is 5.10 Å². The molecule has 116 valence electrons. The number of halogens is 1. The number of aromatic nitrogens is 2. The Hall–Kier alpha value is -1.66. The van der Waals surface area contributed by atoms with E-state index in [0.717, 1.165) is 23.4 Å².